The van der Waals surface area contributed by atoms with E-state index in [1.807, 2.05) is 18.2 Å². The Labute approximate surface area is 332 Å². The number of benzene rings is 3. The molecule has 1 saturated heterocycles. The average molecular weight is 809 g/mol. The Bertz CT molecular complexity index is 2070. The van der Waals surface area contributed by atoms with Gasteiger partial charge in [-0.1, -0.05) is 77.8 Å². The second kappa shape index (κ2) is 18.7. The molecule has 2 aromatic heterocycles. The van der Waals surface area contributed by atoms with Gasteiger partial charge in [-0.05, 0) is 54.3 Å². The molecule has 55 heavy (non-hydrogen) atoms. The number of aromatic nitrogens is 1. The van der Waals surface area contributed by atoms with Crippen LogP contribution in [0.5, 0.6) is 11.5 Å². The van der Waals surface area contributed by atoms with Crippen LogP contribution < -0.4 is 19.5 Å². The minimum absolute atomic E-state index is 0.0536. The lowest BCUT2D eigenvalue weighted by Gasteiger charge is -2.32. The number of esters is 2. The minimum atomic E-state index is -1.08. The second-order valence-corrected chi connectivity index (χ2v) is 15.0. The summed E-state index contributed by atoms with van der Waals surface area (Å²) in [6, 6.07) is 23.7. The van der Waals surface area contributed by atoms with Gasteiger partial charge in [-0.25, -0.2) is 14.0 Å². The van der Waals surface area contributed by atoms with Crippen LogP contribution >= 0.6 is 34.5 Å². The number of pyridine rings is 1. The summed E-state index contributed by atoms with van der Waals surface area (Å²) in [7, 11) is 3.01. The molecule has 0 amide bonds. The number of thiophene rings is 1. The molecular weight excluding hydrogens is 768 g/mol. The van der Waals surface area contributed by atoms with E-state index >= 15 is 4.39 Å². The maximum atomic E-state index is 15.1. The zero-order valence-corrected chi connectivity index (χ0v) is 32.5. The van der Waals surface area contributed by atoms with Crippen molar-refractivity contribution in [2.24, 2.45) is 0 Å². The topological polar surface area (TPSA) is 113 Å². The molecule has 3 heterocycles. The molecule has 1 aliphatic heterocycles. The molecular formula is C41H40Cl2FN3O7S. The highest BCUT2D eigenvalue weighted by molar-refractivity contribution is 7.13. The van der Waals surface area contributed by atoms with Gasteiger partial charge in [-0.3, -0.25) is 10.2 Å². The highest BCUT2D eigenvalue weighted by Crippen LogP contribution is 2.36. The first-order valence-corrected chi connectivity index (χ1v) is 19.2. The zero-order valence-electron chi connectivity index (χ0n) is 30.2. The third kappa shape index (κ3) is 10.3. The average Bonchev–Trinajstić information content (AvgIpc) is 3.66. The van der Waals surface area contributed by atoms with Gasteiger partial charge in [-0.2, -0.15) is 4.73 Å². The van der Waals surface area contributed by atoms with Crippen LogP contribution in [0, 0.1) is 11.0 Å². The standard InChI is InChI=1S/C41H40Cl2FN3O7S/c1-51-35-14-12-27(20-37(35)52-2)36(21-31-32(42)24-47(50)25-33(31)43)54-40(48)38-15-13-29(55-38)22-45-39(30-10-6-7-11-34(30)44)41(49)53-28-16-18-46(19-17-28)23-26-8-4-3-5-9-26/h3-15,20,24-25,28,36,39,45H,16-19,21-23H2,1-2H3/t36?,39-/m0/s1. The lowest BCUT2D eigenvalue weighted by Crippen LogP contribution is -2.39. The van der Waals surface area contributed by atoms with Crippen molar-refractivity contribution < 1.29 is 37.7 Å². The Balaban J connectivity index is 1.13. The van der Waals surface area contributed by atoms with Crippen molar-refractivity contribution >= 4 is 46.5 Å². The number of likely N-dealkylation sites (tertiary alicyclic amines) is 1. The lowest BCUT2D eigenvalue weighted by atomic mass is 10.0. The molecule has 1 aliphatic rings. The molecule has 1 fully saturated rings. The van der Waals surface area contributed by atoms with Crippen LogP contribution in [-0.2, 0) is 33.8 Å². The summed E-state index contributed by atoms with van der Waals surface area (Å²) in [6.07, 6.45) is 2.56. The number of piperidine rings is 1. The van der Waals surface area contributed by atoms with Crippen LogP contribution in [0.15, 0.2) is 97.3 Å². The fourth-order valence-corrected chi connectivity index (χ4v) is 7.89. The molecule has 0 bridgehead atoms. The van der Waals surface area contributed by atoms with E-state index in [2.05, 4.69) is 22.3 Å². The molecule has 5 aromatic rings. The third-order valence-electron chi connectivity index (χ3n) is 9.34. The van der Waals surface area contributed by atoms with Crippen molar-refractivity contribution in [1.82, 2.24) is 10.2 Å². The summed E-state index contributed by atoms with van der Waals surface area (Å²) in [4.78, 5) is 30.6. The van der Waals surface area contributed by atoms with Crippen LogP contribution in [0.3, 0.4) is 0 Å². The van der Waals surface area contributed by atoms with Crippen molar-refractivity contribution in [2.45, 2.75) is 50.6 Å². The second-order valence-electron chi connectivity index (χ2n) is 13.0. The van der Waals surface area contributed by atoms with E-state index in [1.165, 1.54) is 49.6 Å². The largest absolute Gasteiger partial charge is 0.619 e. The van der Waals surface area contributed by atoms with Crippen molar-refractivity contribution in [3.8, 4) is 11.5 Å². The Hall–Kier alpha value is -4.72. The van der Waals surface area contributed by atoms with E-state index in [9.17, 15) is 14.8 Å². The fraction of sp³-hybridized carbons (Fsp3) is 0.293. The molecule has 0 saturated carbocycles. The number of methoxy groups -OCH3 is 2. The SMILES string of the molecule is COc1ccc(C(Cc2c(Cl)c[n+]([O-])cc2Cl)OC(=O)c2ccc(CN[C@H](C(=O)OC3CCN(Cc4ccccc4)CC3)c3ccccc3F)s2)cc1OC. The molecule has 0 spiro atoms. The molecule has 1 N–H and O–H groups in total. The number of nitrogens with zero attached hydrogens (tertiary/aromatic N) is 2. The number of carbonyl (C=O) groups excluding carboxylic acids is 2. The smallest absolute Gasteiger partial charge is 0.348 e. The molecule has 3 aromatic carbocycles. The first-order chi connectivity index (χ1) is 26.6. The van der Waals surface area contributed by atoms with E-state index < -0.39 is 29.9 Å². The summed E-state index contributed by atoms with van der Waals surface area (Å²) in [5.41, 5.74) is 2.39. The minimum Gasteiger partial charge on any atom is -0.619 e. The quantitative estimate of drug-likeness (QED) is 0.0639. The zero-order chi connectivity index (χ0) is 38.9. The van der Waals surface area contributed by atoms with Crippen molar-refractivity contribution in [2.75, 3.05) is 27.3 Å². The summed E-state index contributed by atoms with van der Waals surface area (Å²) in [6.45, 7) is 2.52. The first-order valence-electron chi connectivity index (χ1n) is 17.6. The van der Waals surface area contributed by atoms with Crippen molar-refractivity contribution in [1.29, 1.82) is 0 Å². The summed E-state index contributed by atoms with van der Waals surface area (Å²) in [5, 5.41) is 15.3. The Morgan fingerprint density at radius 3 is 2.33 bits per heavy atom. The number of ether oxygens (including phenoxy) is 4. The number of halogens is 3. The van der Waals surface area contributed by atoms with Gasteiger partial charge in [0.05, 0.1) is 14.2 Å². The Morgan fingerprint density at radius 2 is 1.64 bits per heavy atom. The number of hydrogen-bond acceptors (Lipinski definition) is 10. The van der Waals surface area contributed by atoms with Crippen LogP contribution in [0.2, 0.25) is 10.0 Å². The summed E-state index contributed by atoms with van der Waals surface area (Å²) < 4.78 is 38.5. The molecule has 1 unspecified atom stereocenters. The molecule has 10 nitrogen and oxygen atoms in total. The van der Waals surface area contributed by atoms with Crippen LogP contribution in [0.1, 0.15) is 61.8 Å². The molecule has 14 heteroatoms. The van der Waals surface area contributed by atoms with Crippen LogP contribution in [0.4, 0.5) is 4.39 Å². The molecule has 2 atom stereocenters. The Kier molecular flexibility index (Phi) is 13.6. The van der Waals surface area contributed by atoms with Gasteiger partial charge < -0.3 is 24.2 Å². The first kappa shape index (κ1) is 40.0. The van der Waals surface area contributed by atoms with E-state index in [1.54, 1.807) is 48.5 Å². The van der Waals surface area contributed by atoms with Crippen LogP contribution in [-0.4, -0.2) is 50.3 Å². The molecule has 0 radical (unpaired) electrons. The van der Waals surface area contributed by atoms with Gasteiger partial charge in [0.25, 0.3) is 0 Å². The fourth-order valence-electron chi connectivity index (χ4n) is 6.45. The Morgan fingerprint density at radius 1 is 0.945 bits per heavy atom. The highest BCUT2D eigenvalue weighted by Gasteiger charge is 2.30. The molecule has 6 rings (SSSR count). The van der Waals surface area contributed by atoms with E-state index in [0.717, 1.165) is 19.6 Å². The lowest BCUT2D eigenvalue weighted by molar-refractivity contribution is -0.605. The van der Waals surface area contributed by atoms with Gasteiger partial charge in [-0.15, -0.1) is 11.3 Å². The van der Waals surface area contributed by atoms with Crippen LogP contribution in [0.25, 0.3) is 0 Å². The maximum Gasteiger partial charge on any atom is 0.348 e. The molecule has 0 aliphatic carbocycles. The molecule has 288 valence electrons. The van der Waals surface area contributed by atoms with Gasteiger partial charge in [0, 0.05) is 48.6 Å². The number of nitrogens with one attached hydrogen (secondary N) is 1. The predicted octanol–water partition coefficient (Wildman–Crippen LogP) is 8.02. The van der Waals surface area contributed by atoms with Crippen molar-refractivity contribution in [3.05, 3.63) is 150 Å². The van der Waals surface area contributed by atoms with E-state index in [-0.39, 0.29) is 39.6 Å². The third-order valence-corrected chi connectivity index (χ3v) is 11.1. The van der Waals surface area contributed by atoms with Crippen molar-refractivity contribution in [3.63, 3.8) is 0 Å². The van der Waals surface area contributed by atoms with E-state index in [0.29, 0.717) is 45.1 Å². The number of carbonyl (C=O) groups is 2. The monoisotopic (exact) mass is 807 g/mol. The summed E-state index contributed by atoms with van der Waals surface area (Å²) >= 11 is 14.0. The van der Waals surface area contributed by atoms with Gasteiger partial charge in [0.15, 0.2) is 23.9 Å². The number of rotatable bonds is 15. The van der Waals surface area contributed by atoms with Gasteiger partial charge in [0.2, 0.25) is 0 Å². The van der Waals surface area contributed by atoms with Gasteiger partial charge >= 0.3 is 11.9 Å². The maximum absolute atomic E-state index is 15.1. The number of hydrogen-bond donors (Lipinski definition) is 1. The van der Waals surface area contributed by atoms with Gasteiger partial charge in [0.1, 0.15) is 39.0 Å². The van der Waals surface area contributed by atoms with E-state index in [4.69, 9.17) is 42.1 Å². The normalized spacial score (nSPS) is 14.6. The highest BCUT2D eigenvalue weighted by atomic mass is 35.5. The predicted molar refractivity (Wildman–Crippen MR) is 208 cm³/mol. The summed E-state index contributed by atoms with van der Waals surface area (Å²) in [5.74, 6) is -0.820.